The van der Waals surface area contributed by atoms with Crippen molar-refractivity contribution >= 4 is 11.8 Å². The maximum Gasteiger partial charge on any atom is 0.223 e. The van der Waals surface area contributed by atoms with Crippen LogP contribution < -0.4 is 5.32 Å². The summed E-state index contributed by atoms with van der Waals surface area (Å²) >= 11 is 0. The van der Waals surface area contributed by atoms with Crippen LogP contribution in [0.25, 0.3) is 0 Å². The van der Waals surface area contributed by atoms with Gasteiger partial charge in [-0.3, -0.25) is 14.5 Å². The summed E-state index contributed by atoms with van der Waals surface area (Å²) in [6.45, 7) is 3.45. The smallest absolute Gasteiger partial charge is 0.223 e. The Labute approximate surface area is 172 Å². The summed E-state index contributed by atoms with van der Waals surface area (Å²) in [5, 5.41) is 3.24. The van der Waals surface area contributed by atoms with Crippen LogP contribution >= 0.6 is 0 Å². The minimum Gasteiger partial charge on any atom is -0.354 e. The summed E-state index contributed by atoms with van der Waals surface area (Å²) < 4.78 is 0. The number of rotatable bonds is 5. The van der Waals surface area contributed by atoms with Crippen molar-refractivity contribution in [2.45, 2.75) is 70.0 Å². The van der Waals surface area contributed by atoms with E-state index in [1.165, 1.54) is 19.3 Å². The molecule has 5 rings (SSSR count). The first-order chi connectivity index (χ1) is 14.2. The lowest BCUT2D eigenvalue weighted by atomic mass is 9.72. The minimum absolute atomic E-state index is 0.133. The average Bonchev–Trinajstić information content (AvgIpc) is 3.42. The van der Waals surface area contributed by atoms with Gasteiger partial charge in [0.2, 0.25) is 11.8 Å². The molecule has 0 unspecified atom stereocenters. The Morgan fingerprint density at radius 1 is 1.17 bits per heavy atom. The summed E-state index contributed by atoms with van der Waals surface area (Å²) in [6, 6.07) is 0.467. The quantitative estimate of drug-likeness (QED) is 0.793. The fourth-order valence-electron chi connectivity index (χ4n) is 6.40. The molecule has 4 fully saturated rings. The highest BCUT2D eigenvalue weighted by Gasteiger charge is 2.49. The van der Waals surface area contributed by atoms with Gasteiger partial charge in [0.05, 0.1) is 12.6 Å². The molecule has 7 heteroatoms. The van der Waals surface area contributed by atoms with E-state index in [1.54, 1.807) is 0 Å². The molecule has 3 saturated heterocycles. The van der Waals surface area contributed by atoms with Gasteiger partial charge in [0.25, 0.3) is 0 Å². The number of aromatic amines is 1. The van der Waals surface area contributed by atoms with Gasteiger partial charge in [0.1, 0.15) is 5.82 Å². The molecule has 1 aromatic heterocycles. The number of fused-ring (bicyclic) bond motifs is 4. The molecule has 158 valence electrons. The minimum atomic E-state index is 0.133. The van der Waals surface area contributed by atoms with Gasteiger partial charge in [-0.15, -0.1) is 0 Å². The fraction of sp³-hybridized carbons (Fsp3) is 0.773. The van der Waals surface area contributed by atoms with Crippen molar-refractivity contribution in [1.82, 2.24) is 25.1 Å². The predicted octanol–water partition coefficient (Wildman–Crippen LogP) is 1.92. The molecule has 29 heavy (non-hydrogen) atoms. The molecule has 2 bridgehead atoms. The molecule has 0 aromatic carbocycles. The molecule has 1 saturated carbocycles. The van der Waals surface area contributed by atoms with Crippen LogP contribution in [0, 0.1) is 17.8 Å². The molecule has 3 aliphatic heterocycles. The molecule has 7 nitrogen and oxygen atoms in total. The maximum atomic E-state index is 12.9. The number of imidazole rings is 1. The van der Waals surface area contributed by atoms with Gasteiger partial charge in [-0.1, -0.05) is 12.8 Å². The van der Waals surface area contributed by atoms with E-state index in [0.29, 0.717) is 36.8 Å². The first kappa shape index (κ1) is 19.1. The molecule has 4 aliphatic rings. The number of aromatic nitrogens is 2. The first-order valence-electron chi connectivity index (χ1n) is 11.5. The highest BCUT2D eigenvalue weighted by molar-refractivity contribution is 5.80. The molecule has 1 aliphatic carbocycles. The van der Waals surface area contributed by atoms with Gasteiger partial charge in [0, 0.05) is 50.4 Å². The van der Waals surface area contributed by atoms with Gasteiger partial charge >= 0.3 is 0 Å². The lowest BCUT2D eigenvalue weighted by Gasteiger charge is -2.56. The number of H-pyrrole nitrogens is 1. The molecule has 2 N–H and O–H groups in total. The summed E-state index contributed by atoms with van der Waals surface area (Å²) in [4.78, 5) is 37.9. The Morgan fingerprint density at radius 2 is 2.00 bits per heavy atom. The van der Waals surface area contributed by atoms with Crippen molar-refractivity contribution in [3.8, 4) is 0 Å². The number of piperidine rings is 3. The second kappa shape index (κ2) is 8.09. The molecular formula is C22H33N5O2. The highest BCUT2D eigenvalue weighted by Crippen LogP contribution is 2.41. The first-order valence-corrected chi connectivity index (χ1v) is 11.5. The SMILES string of the molecule is O=C(NC[C@H]1[C@H]2C[C@@H](CN(Cc3ncc[nH]3)C2)[C@@H]2CCCC(=O)N21)C1CCCC1. The molecule has 0 spiro atoms. The van der Waals surface area contributed by atoms with Crippen molar-refractivity contribution in [1.29, 1.82) is 0 Å². The monoisotopic (exact) mass is 399 g/mol. The van der Waals surface area contributed by atoms with E-state index >= 15 is 0 Å². The van der Waals surface area contributed by atoms with Gasteiger partial charge in [-0.05, 0) is 43.9 Å². The maximum absolute atomic E-state index is 12.9. The number of carbonyl (C=O) groups excluding carboxylic acids is 2. The standard InChI is InChI=1S/C22H33N5O2/c28-21-7-3-6-18-16-10-17(13-26(12-16)14-20-23-8-9-24-20)19(27(18)21)11-25-22(29)15-4-1-2-5-15/h8-9,15-19H,1-7,10-14H2,(H,23,24)(H,25,29)/t16-,17-,18-,19-/m0/s1. The van der Waals surface area contributed by atoms with Crippen LogP contribution in [0.15, 0.2) is 12.4 Å². The number of likely N-dealkylation sites (tertiary alicyclic amines) is 1. The van der Waals surface area contributed by atoms with E-state index in [9.17, 15) is 9.59 Å². The molecule has 1 aromatic rings. The van der Waals surface area contributed by atoms with Crippen molar-refractivity contribution < 1.29 is 9.59 Å². The third kappa shape index (κ3) is 3.81. The van der Waals surface area contributed by atoms with Crippen LogP contribution in [0.3, 0.4) is 0 Å². The lowest BCUT2D eigenvalue weighted by molar-refractivity contribution is -0.153. The van der Waals surface area contributed by atoms with Gasteiger partial charge in [-0.25, -0.2) is 4.98 Å². The Balaban J connectivity index is 1.31. The second-order valence-corrected chi connectivity index (χ2v) is 9.54. The van der Waals surface area contributed by atoms with Crippen LogP contribution in [-0.2, 0) is 16.1 Å². The molecule has 4 heterocycles. The summed E-state index contributed by atoms with van der Waals surface area (Å²) in [6.07, 6.45) is 12.0. The van der Waals surface area contributed by atoms with Crippen LogP contribution in [0.2, 0.25) is 0 Å². The second-order valence-electron chi connectivity index (χ2n) is 9.54. The Kier molecular flexibility index (Phi) is 5.33. The van der Waals surface area contributed by atoms with E-state index in [1.807, 2.05) is 12.4 Å². The van der Waals surface area contributed by atoms with Gasteiger partial charge in [0.15, 0.2) is 0 Å². The van der Waals surface area contributed by atoms with E-state index in [4.69, 9.17) is 0 Å². The van der Waals surface area contributed by atoms with Crippen molar-refractivity contribution in [2.24, 2.45) is 17.8 Å². The van der Waals surface area contributed by atoms with Crippen molar-refractivity contribution in [2.75, 3.05) is 19.6 Å². The zero-order valence-electron chi connectivity index (χ0n) is 17.2. The number of amides is 2. The van der Waals surface area contributed by atoms with Gasteiger partial charge in [-0.2, -0.15) is 0 Å². The Morgan fingerprint density at radius 3 is 2.79 bits per heavy atom. The summed E-state index contributed by atoms with van der Waals surface area (Å²) in [7, 11) is 0. The topological polar surface area (TPSA) is 81.3 Å². The zero-order chi connectivity index (χ0) is 19.8. The fourth-order valence-corrected chi connectivity index (χ4v) is 6.40. The average molecular weight is 400 g/mol. The Hall–Kier alpha value is -1.89. The largest absolute Gasteiger partial charge is 0.354 e. The van der Waals surface area contributed by atoms with Crippen LogP contribution in [0.5, 0.6) is 0 Å². The molecule has 2 amide bonds. The number of hydrogen-bond acceptors (Lipinski definition) is 4. The van der Waals surface area contributed by atoms with Crippen LogP contribution in [0.4, 0.5) is 0 Å². The van der Waals surface area contributed by atoms with E-state index < -0.39 is 0 Å². The third-order valence-corrected chi connectivity index (χ3v) is 7.71. The van der Waals surface area contributed by atoms with E-state index in [0.717, 1.165) is 51.1 Å². The molecule has 4 atom stereocenters. The number of hydrogen-bond donors (Lipinski definition) is 2. The van der Waals surface area contributed by atoms with Crippen LogP contribution in [-0.4, -0.2) is 63.3 Å². The van der Waals surface area contributed by atoms with E-state index in [2.05, 4.69) is 25.1 Å². The van der Waals surface area contributed by atoms with Crippen LogP contribution in [0.1, 0.15) is 57.2 Å². The lowest BCUT2D eigenvalue weighted by Crippen LogP contribution is -2.67. The Bertz CT molecular complexity index is 730. The van der Waals surface area contributed by atoms with Crippen molar-refractivity contribution in [3.05, 3.63) is 18.2 Å². The summed E-state index contributed by atoms with van der Waals surface area (Å²) in [5.41, 5.74) is 0. The normalized spacial score (nSPS) is 33.0. The van der Waals surface area contributed by atoms with Crippen molar-refractivity contribution in [3.63, 3.8) is 0 Å². The molecule has 0 radical (unpaired) electrons. The summed E-state index contributed by atoms with van der Waals surface area (Å²) in [5.74, 6) is 2.65. The predicted molar refractivity (Wildman–Crippen MR) is 109 cm³/mol. The van der Waals surface area contributed by atoms with E-state index in [-0.39, 0.29) is 17.9 Å². The zero-order valence-corrected chi connectivity index (χ0v) is 17.2. The molecular weight excluding hydrogens is 366 g/mol. The number of carbonyl (C=O) groups is 2. The van der Waals surface area contributed by atoms with Gasteiger partial charge < -0.3 is 15.2 Å². The number of nitrogens with zero attached hydrogens (tertiary/aromatic N) is 3. The number of nitrogens with one attached hydrogen (secondary N) is 2. The highest BCUT2D eigenvalue weighted by atomic mass is 16.2. The third-order valence-electron chi connectivity index (χ3n) is 7.71.